The summed E-state index contributed by atoms with van der Waals surface area (Å²) in [7, 11) is 1.86. The third kappa shape index (κ3) is 6.07. The molecule has 0 aliphatic heterocycles. The van der Waals surface area contributed by atoms with Crippen LogP contribution in [0.3, 0.4) is 0 Å². The predicted octanol–water partition coefficient (Wildman–Crippen LogP) is 3.23. The molecular formula is C14H21BrN2O2. The average molecular weight is 329 g/mol. The van der Waals surface area contributed by atoms with E-state index >= 15 is 0 Å². The fourth-order valence-electron chi connectivity index (χ4n) is 1.61. The minimum atomic E-state index is -0.477. The quantitative estimate of drug-likeness (QED) is 0.892. The van der Waals surface area contributed by atoms with Crippen LogP contribution in [0.4, 0.5) is 4.79 Å². The standard InChI is InChI=1S/C14H21BrN2O2/c1-14(2,3)19-13(18)17-9-12(16-4)10-6-5-7-11(15)8-10/h5-8,12,16H,9H2,1-4H3,(H,17,18). The average Bonchev–Trinajstić information content (AvgIpc) is 2.27. The Morgan fingerprint density at radius 3 is 2.63 bits per heavy atom. The molecule has 1 atom stereocenters. The minimum absolute atomic E-state index is 0.0463. The third-order valence-electron chi connectivity index (χ3n) is 2.45. The SMILES string of the molecule is CNC(CNC(=O)OC(C)(C)C)c1cccc(Br)c1. The second-order valence-corrected chi connectivity index (χ2v) is 6.19. The maximum atomic E-state index is 11.6. The van der Waals surface area contributed by atoms with Crippen molar-refractivity contribution in [1.29, 1.82) is 0 Å². The zero-order valence-corrected chi connectivity index (χ0v) is 13.4. The highest BCUT2D eigenvalue weighted by atomic mass is 79.9. The van der Waals surface area contributed by atoms with Crippen molar-refractivity contribution in [3.63, 3.8) is 0 Å². The van der Waals surface area contributed by atoms with Crippen LogP contribution in [-0.4, -0.2) is 25.3 Å². The lowest BCUT2D eigenvalue weighted by atomic mass is 10.1. The number of likely N-dealkylation sites (N-methyl/N-ethyl adjacent to an activating group) is 1. The smallest absolute Gasteiger partial charge is 0.407 e. The summed E-state index contributed by atoms with van der Waals surface area (Å²) in [5.41, 5.74) is 0.627. The van der Waals surface area contributed by atoms with Gasteiger partial charge in [0.05, 0.1) is 0 Å². The molecular weight excluding hydrogens is 308 g/mol. The van der Waals surface area contributed by atoms with Crippen LogP contribution in [0, 0.1) is 0 Å². The van der Waals surface area contributed by atoms with Gasteiger partial charge in [-0.1, -0.05) is 28.1 Å². The number of carbonyl (C=O) groups is 1. The second-order valence-electron chi connectivity index (χ2n) is 5.28. The molecule has 1 aromatic rings. The number of amides is 1. The van der Waals surface area contributed by atoms with Gasteiger partial charge in [0.15, 0.2) is 0 Å². The van der Waals surface area contributed by atoms with Gasteiger partial charge in [-0.05, 0) is 45.5 Å². The van der Waals surface area contributed by atoms with Gasteiger partial charge in [0.25, 0.3) is 0 Å². The van der Waals surface area contributed by atoms with Crippen molar-refractivity contribution < 1.29 is 9.53 Å². The van der Waals surface area contributed by atoms with Crippen LogP contribution in [0.25, 0.3) is 0 Å². The molecule has 1 amide bonds. The third-order valence-corrected chi connectivity index (χ3v) is 2.94. The van der Waals surface area contributed by atoms with Crippen LogP contribution in [0.2, 0.25) is 0 Å². The summed E-state index contributed by atoms with van der Waals surface area (Å²) >= 11 is 3.44. The van der Waals surface area contributed by atoms with Gasteiger partial charge in [0.2, 0.25) is 0 Å². The number of rotatable bonds is 4. The molecule has 0 heterocycles. The van der Waals surface area contributed by atoms with E-state index in [2.05, 4.69) is 26.6 Å². The lowest BCUT2D eigenvalue weighted by Crippen LogP contribution is -2.37. The molecule has 0 bridgehead atoms. The van der Waals surface area contributed by atoms with E-state index < -0.39 is 11.7 Å². The molecule has 0 radical (unpaired) electrons. The van der Waals surface area contributed by atoms with Gasteiger partial charge in [-0.25, -0.2) is 4.79 Å². The monoisotopic (exact) mass is 328 g/mol. The number of carbonyl (C=O) groups excluding carboxylic acids is 1. The van der Waals surface area contributed by atoms with Gasteiger partial charge in [-0.2, -0.15) is 0 Å². The first-order valence-corrected chi connectivity index (χ1v) is 7.00. The van der Waals surface area contributed by atoms with Gasteiger partial charge in [-0.15, -0.1) is 0 Å². The number of benzene rings is 1. The summed E-state index contributed by atoms with van der Waals surface area (Å²) in [6.45, 7) is 6.01. The second kappa shape index (κ2) is 6.91. The molecule has 0 saturated heterocycles. The lowest BCUT2D eigenvalue weighted by molar-refractivity contribution is 0.0523. The van der Waals surface area contributed by atoms with Gasteiger partial charge >= 0.3 is 6.09 Å². The fraction of sp³-hybridized carbons (Fsp3) is 0.500. The molecule has 1 unspecified atom stereocenters. The minimum Gasteiger partial charge on any atom is -0.444 e. The van der Waals surface area contributed by atoms with E-state index in [1.54, 1.807) is 0 Å². The van der Waals surface area contributed by atoms with Gasteiger partial charge in [0, 0.05) is 17.1 Å². The molecule has 0 aliphatic carbocycles. The Hall–Kier alpha value is -1.07. The normalized spacial score (nSPS) is 12.9. The van der Waals surface area contributed by atoms with Gasteiger partial charge in [0.1, 0.15) is 5.60 Å². The largest absolute Gasteiger partial charge is 0.444 e. The first-order chi connectivity index (χ1) is 8.81. The Morgan fingerprint density at radius 2 is 2.11 bits per heavy atom. The Labute approximate surface area is 123 Å². The van der Waals surface area contributed by atoms with Crippen LogP contribution >= 0.6 is 15.9 Å². The maximum Gasteiger partial charge on any atom is 0.407 e. The van der Waals surface area contributed by atoms with Crippen LogP contribution < -0.4 is 10.6 Å². The van der Waals surface area contributed by atoms with E-state index in [4.69, 9.17) is 4.74 Å². The number of hydrogen-bond donors (Lipinski definition) is 2. The molecule has 4 nitrogen and oxygen atoms in total. The van der Waals surface area contributed by atoms with Crippen molar-refractivity contribution in [2.45, 2.75) is 32.4 Å². The zero-order chi connectivity index (χ0) is 14.5. The molecule has 0 aliphatic rings. The molecule has 0 aromatic heterocycles. The van der Waals surface area contributed by atoms with Crippen LogP contribution in [-0.2, 0) is 4.74 Å². The number of alkyl carbamates (subject to hydrolysis) is 1. The van der Waals surface area contributed by atoms with Crippen LogP contribution in [0.5, 0.6) is 0 Å². The summed E-state index contributed by atoms with van der Waals surface area (Å²) in [6, 6.07) is 8.03. The fourth-order valence-corrected chi connectivity index (χ4v) is 2.03. The zero-order valence-electron chi connectivity index (χ0n) is 11.8. The van der Waals surface area contributed by atoms with Crippen molar-refractivity contribution in [2.75, 3.05) is 13.6 Å². The Morgan fingerprint density at radius 1 is 1.42 bits per heavy atom. The first kappa shape index (κ1) is 16.0. The summed E-state index contributed by atoms with van der Waals surface area (Å²) in [6.07, 6.45) is -0.400. The molecule has 106 valence electrons. The topological polar surface area (TPSA) is 50.4 Å². The van der Waals surface area contributed by atoms with Crippen molar-refractivity contribution >= 4 is 22.0 Å². The van der Waals surface area contributed by atoms with Gasteiger partial charge < -0.3 is 15.4 Å². The summed E-state index contributed by atoms with van der Waals surface area (Å²) in [5, 5.41) is 5.94. The number of hydrogen-bond acceptors (Lipinski definition) is 3. The van der Waals surface area contributed by atoms with E-state index in [9.17, 15) is 4.79 Å². The van der Waals surface area contributed by atoms with E-state index in [1.807, 2.05) is 52.1 Å². The summed E-state index contributed by atoms with van der Waals surface area (Å²) in [5.74, 6) is 0. The van der Waals surface area contributed by atoms with Crippen molar-refractivity contribution in [1.82, 2.24) is 10.6 Å². The number of halogens is 1. The molecule has 19 heavy (non-hydrogen) atoms. The molecule has 1 aromatic carbocycles. The van der Waals surface area contributed by atoms with E-state index in [0.29, 0.717) is 6.54 Å². The van der Waals surface area contributed by atoms with E-state index in [0.717, 1.165) is 10.0 Å². The van der Waals surface area contributed by atoms with Gasteiger partial charge in [-0.3, -0.25) is 0 Å². The highest BCUT2D eigenvalue weighted by Gasteiger charge is 2.17. The lowest BCUT2D eigenvalue weighted by Gasteiger charge is -2.22. The van der Waals surface area contributed by atoms with Crippen molar-refractivity contribution in [3.05, 3.63) is 34.3 Å². The van der Waals surface area contributed by atoms with Crippen molar-refractivity contribution in [3.8, 4) is 0 Å². The van der Waals surface area contributed by atoms with Crippen molar-refractivity contribution in [2.24, 2.45) is 0 Å². The highest BCUT2D eigenvalue weighted by molar-refractivity contribution is 9.10. The molecule has 1 rings (SSSR count). The maximum absolute atomic E-state index is 11.6. The Bertz CT molecular complexity index is 430. The molecule has 0 spiro atoms. The Kier molecular flexibility index (Phi) is 5.82. The van der Waals surface area contributed by atoms with E-state index in [-0.39, 0.29) is 6.04 Å². The predicted molar refractivity (Wildman–Crippen MR) is 80.2 cm³/mol. The molecule has 5 heteroatoms. The Balaban J connectivity index is 2.56. The summed E-state index contributed by atoms with van der Waals surface area (Å²) in [4.78, 5) is 11.6. The van der Waals surface area contributed by atoms with Crippen LogP contribution in [0.1, 0.15) is 32.4 Å². The van der Waals surface area contributed by atoms with Crippen LogP contribution in [0.15, 0.2) is 28.7 Å². The number of ether oxygens (including phenoxy) is 1. The molecule has 0 saturated carbocycles. The molecule has 2 N–H and O–H groups in total. The first-order valence-electron chi connectivity index (χ1n) is 6.21. The number of nitrogens with one attached hydrogen (secondary N) is 2. The summed E-state index contributed by atoms with van der Waals surface area (Å²) < 4.78 is 6.22. The highest BCUT2D eigenvalue weighted by Crippen LogP contribution is 2.17. The molecule has 0 fully saturated rings. The van der Waals surface area contributed by atoms with E-state index in [1.165, 1.54) is 0 Å².